The summed E-state index contributed by atoms with van der Waals surface area (Å²) in [4.78, 5) is 8.60. The van der Waals surface area contributed by atoms with E-state index < -0.39 is 11.9 Å². The Morgan fingerprint density at radius 2 is 1.88 bits per heavy atom. The van der Waals surface area contributed by atoms with E-state index in [1.54, 1.807) is 13.1 Å². The van der Waals surface area contributed by atoms with E-state index in [1.165, 1.54) is 7.05 Å². The van der Waals surface area contributed by atoms with Crippen molar-refractivity contribution in [3.05, 3.63) is 53.3 Å². The molecule has 0 saturated carbocycles. The zero-order valence-corrected chi connectivity index (χ0v) is 13.8. The quantitative estimate of drug-likeness (QED) is 0.708. The van der Waals surface area contributed by atoms with Gasteiger partial charge in [0.15, 0.2) is 11.5 Å². The molecule has 0 saturated heterocycles. The molecule has 3 rings (SSSR count). The van der Waals surface area contributed by atoms with E-state index in [0.717, 1.165) is 21.9 Å². The normalized spacial score (nSPS) is 11.6. The van der Waals surface area contributed by atoms with Crippen molar-refractivity contribution in [3.63, 3.8) is 0 Å². The molecule has 0 unspecified atom stereocenters. The van der Waals surface area contributed by atoms with Gasteiger partial charge in [-0.25, -0.2) is 9.67 Å². The molecular formula is C17H15F3N4O. The molecule has 0 bridgehead atoms. The van der Waals surface area contributed by atoms with E-state index in [9.17, 15) is 13.2 Å². The first-order valence-corrected chi connectivity index (χ1v) is 7.44. The van der Waals surface area contributed by atoms with Crippen LogP contribution in [-0.2, 0) is 13.2 Å². The summed E-state index contributed by atoms with van der Waals surface area (Å²) in [6.07, 6.45) is -2.96. The number of alkyl halides is 3. The minimum absolute atomic E-state index is 0.0516. The molecule has 2 heterocycles. The number of aryl methyl sites for hydroxylation is 3. The summed E-state index contributed by atoms with van der Waals surface area (Å²) >= 11 is 0. The number of rotatable bonds is 3. The summed E-state index contributed by atoms with van der Waals surface area (Å²) in [5.41, 5.74) is 1.43. The van der Waals surface area contributed by atoms with Gasteiger partial charge in [0.25, 0.3) is 0 Å². The van der Waals surface area contributed by atoms with E-state index in [2.05, 4.69) is 15.1 Å². The Morgan fingerprint density at radius 3 is 2.52 bits per heavy atom. The Morgan fingerprint density at radius 1 is 1.12 bits per heavy atom. The highest BCUT2D eigenvalue weighted by Gasteiger charge is 2.35. The Kier molecular flexibility index (Phi) is 4.20. The summed E-state index contributed by atoms with van der Waals surface area (Å²) in [6.45, 7) is 3.67. The maximum absolute atomic E-state index is 12.8. The van der Waals surface area contributed by atoms with Gasteiger partial charge in [0.1, 0.15) is 0 Å². The average molecular weight is 348 g/mol. The first-order chi connectivity index (χ1) is 11.7. The second-order valence-corrected chi connectivity index (χ2v) is 5.64. The van der Waals surface area contributed by atoms with Gasteiger partial charge >= 0.3 is 6.18 Å². The largest absolute Gasteiger partial charge is 0.435 e. The van der Waals surface area contributed by atoms with Crippen LogP contribution in [0.5, 0.6) is 11.8 Å². The van der Waals surface area contributed by atoms with Gasteiger partial charge in [-0.05, 0) is 19.9 Å². The highest BCUT2D eigenvalue weighted by Crippen LogP contribution is 2.32. The van der Waals surface area contributed by atoms with Crippen LogP contribution < -0.4 is 4.74 Å². The van der Waals surface area contributed by atoms with Gasteiger partial charge in [0, 0.05) is 30.4 Å². The lowest BCUT2D eigenvalue weighted by molar-refractivity contribution is -0.141. The standard InChI is InChI=1S/C17H15F3N4O/c1-10-5-4-6-12(7-10)15-21-9-11(2)16(22-15)25-14-8-13(17(18,19)20)23-24(14)3/h4-9H,1-3H3. The topological polar surface area (TPSA) is 52.8 Å². The van der Waals surface area contributed by atoms with Crippen LogP contribution in [0.1, 0.15) is 16.8 Å². The van der Waals surface area contributed by atoms with Crippen molar-refractivity contribution in [1.82, 2.24) is 19.7 Å². The number of aromatic nitrogens is 4. The van der Waals surface area contributed by atoms with Crippen LogP contribution in [0.3, 0.4) is 0 Å². The predicted molar refractivity (Wildman–Crippen MR) is 85.2 cm³/mol. The van der Waals surface area contributed by atoms with Crippen LogP contribution in [0.2, 0.25) is 0 Å². The molecule has 0 fully saturated rings. The van der Waals surface area contributed by atoms with Crippen LogP contribution in [-0.4, -0.2) is 19.7 Å². The lowest BCUT2D eigenvalue weighted by Crippen LogP contribution is -2.06. The number of hydrogen-bond acceptors (Lipinski definition) is 4. The van der Waals surface area contributed by atoms with Crippen LogP contribution in [0.25, 0.3) is 11.4 Å². The molecule has 0 aliphatic carbocycles. The van der Waals surface area contributed by atoms with E-state index in [1.807, 2.05) is 31.2 Å². The number of nitrogens with zero attached hydrogens (tertiary/aromatic N) is 4. The number of halogens is 3. The lowest BCUT2D eigenvalue weighted by Gasteiger charge is -2.09. The van der Waals surface area contributed by atoms with Crippen molar-refractivity contribution in [1.29, 1.82) is 0 Å². The Bertz CT molecular complexity index is 918. The molecule has 0 spiro atoms. The Balaban J connectivity index is 1.96. The lowest BCUT2D eigenvalue weighted by atomic mass is 10.1. The molecule has 1 aromatic carbocycles. The maximum Gasteiger partial charge on any atom is 0.435 e. The minimum Gasteiger partial charge on any atom is -0.421 e. The van der Waals surface area contributed by atoms with Gasteiger partial charge in [-0.2, -0.15) is 23.3 Å². The molecule has 0 atom stereocenters. The van der Waals surface area contributed by atoms with E-state index in [0.29, 0.717) is 11.4 Å². The predicted octanol–water partition coefficient (Wildman–Crippen LogP) is 4.31. The van der Waals surface area contributed by atoms with Gasteiger partial charge in [0.2, 0.25) is 11.8 Å². The smallest absolute Gasteiger partial charge is 0.421 e. The van der Waals surface area contributed by atoms with Gasteiger partial charge < -0.3 is 4.74 Å². The summed E-state index contributed by atoms with van der Waals surface area (Å²) in [5.74, 6) is 0.565. The fourth-order valence-electron chi connectivity index (χ4n) is 2.24. The van der Waals surface area contributed by atoms with Crippen molar-refractivity contribution >= 4 is 0 Å². The molecule has 0 amide bonds. The third-order valence-electron chi connectivity index (χ3n) is 3.53. The van der Waals surface area contributed by atoms with Gasteiger partial charge in [0.05, 0.1) is 0 Å². The third kappa shape index (κ3) is 3.62. The fraction of sp³-hybridized carbons (Fsp3) is 0.235. The Labute approximate surface area is 142 Å². The van der Waals surface area contributed by atoms with Crippen LogP contribution >= 0.6 is 0 Å². The molecule has 0 aliphatic heterocycles. The third-order valence-corrected chi connectivity index (χ3v) is 3.53. The molecule has 2 aromatic heterocycles. The average Bonchev–Trinajstić information content (AvgIpc) is 2.91. The zero-order valence-electron chi connectivity index (χ0n) is 13.8. The van der Waals surface area contributed by atoms with Crippen molar-refractivity contribution in [2.45, 2.75) is 20.0 Å². The molecule has 0 radical (unpaired) electrons. The summed E-state index contributed by atoms with van der Waals surface area (Å²) < 4.78 is 44.9. The van der Waals surface area contributed by atoms with Crippen LogP contribution in [0.4, 0.5) is 13.2 Å². The highest BCUT2D eigenvalue weighted by atomic mass is 19.4. The molecule has 130 valence electrons. The van der Waals surface area contributed by atoms with Crippen molar-refractivity contribution in [2.24, 2.45) is 7.05 Å². The van der Waals surface area contributed by atoms with E-state index >= 15 is 0 Å². The first-order valence-electron chi connectivity index (χ1n) is 7.44. The van der Waals surface area contributed by atoms with Gasteiger partial charge in [-0.3, -0.25) is 0 Å². The molecule has 0 N–H and O–H groups in total. The Hall–Kier alpha value is -2.90. The van der Waals surface area contributed by atoms with Crippen molar-refractivity contribution in [2.75, 3.05) is 0 Å². The number of benzene rings is 1. The molecule has 25 heavy (non-hydrogen) atoms. The maximum atomic E-state index is 12.8. The summed E-state index contributed by atoms with van der Waals surface area (Å²) in [7, 11) is 1.38. The number of ether oxygens (including phenoxy) is 1. The van der Waals surface area contributed by atoms with Crippen molar-refractivity contribution < 1.29 is 17.9 Å². The van der Waals surface area contributed by atoms with Gasteiger partial charge in [-0.15, -0.1) is 0 Å². The second-order valence-electron chi connectivity index (χ2n) is 5.64. The molecule has 5 nitrogen and oxygen atoms in total. The first kappa shape index (κ1) is 16.9. The monoisotopic (exact) mass is 348 g/mol. The SMILES string of the molecule is Cc1cccc(-c2ncc(C)c(Oc3cc(C(F)(F)F)nn3C)n2)c1. The zero-order chi connectivity index (χ0) is 18.2. The summed E-state index contributed by atoms with van der Waals surface area (Å²) in [6, 6.07) is 8.44. The molecule has 0 aliphatic rings. The number of hydrogen-bond donors (Lipinski definition) is 0. The van der Waals surface area contributed by atoms with E-state index in [4.69, 9.17) is 4.74 Å². The minimum atomic E-state index is -4.53. The second kappa shape index (κ2) is 6.19. The summed E-state index contributed by atoms with van der Waals surface area (Å²) in [5, 5.41) is 3.42. The highest BCUT2D eigenvalue weighted by molar-refractivity contribution is 5.56. The van der Waals surface area contributed by atoms with Gasteiger partial charge in [-0.1, -0.05) is 23.8 Å². The van der Waals surface area contributed by atoms with Crippen LogP contribution in [0.15, 0.2) is 36.5 Å². The fourth-order valence-corrected chi connectivity index (χ4v) is 2.24. The molecule has 3 aromatic rings. The molecule has 8 heteroatoms. The van der Waals surface area contributed by atoms with Crippen LogP contribution in [0, 0.1) is 13.8 Å². The van der Waals surface area contributed by atoms with E-state index in [-0.39, 0.29) is 11.8 Å². The molecular weight excluding hydrogens is 333 g/mol. The van der Waals surface area contributed by atoms with Crippen molar-refractivity contribution in [3.8, 4) is 23.1 Å².